The van der Waals surface area contributed by atoms with Gasteiger partial charge in [-0.15, -0.1) is 0 Å². The number of aromatic nitrogens is 1. The summed E-state index contributed by atoms with van der Waals surface area (Å²) in [5.74, 6) is -0.0571. The molecule has 0 spiro atoms. The van der Waals surface area contributed by atoms with Crippen molar-refractivity contribution in [1.82, 2.24) is 15.2 Å². The van der Waals surface area contributed by atoms with Gasteiger partial charge >= 0.3 is 6.03 Å². The maximum atomic E-state index is 13.1. The van der Waals surface area contributed by atoms with Gasteiger partial charge in [0, 0.05) is 24.6 Å². The predicted octanol–water partition coefficient (Wildman–Crippen LogP) is 1.97. The number of nitrogens with zero attached hydrogens (tertiary/aromatic N) is 2. The van der Waals surface area contributed by atoms with Gasteiger partial charge in [-0.25, -0.2) is 4.79 Å². The molecular weight excluding hydrogens is 436 g/mol. The van der Waals surface area contributed by atoms with Gasteiger partial charge in [0.1, 0.15) is 6.10 Å². The molecule has 4 atom stereocenters. The number of amides is 3. The van der Waals surface area contributed by atoms with Crippen LogP contribution < -0.4 is 10.6 Å². The number of anilines is 1. The molecule has 0 unspecified atom stereocenters. The normalized spacial score (nSPS) is 24.9. The number of benzene rings is 1. The Balaban J connectivity index is 1.31. The van der Waals surface area contributed by atoms with Crippen LogP contribution >= 0.6 is 0 Å². The lowest BCUT2D eigenvalue weighted by atomic mass is 9.95. The molecule has 3 amide bonds. The van der Waals surface area contributed by atoms with E-state index in [2.05, 4.69) is 15.6 Å². The molecule has 0 aliphatic carbocycles. The molecule has 9 nitrogen and oxygen atoms in total. The standard InChI is InChI=1S/C25H32N4O5/c30-20-15-29(25(32)28-19-4-2-1-3-5-19)22-7-6-21(34-23(22)17-33-16-20)14-24(31)27-13-10-18-8-11-26-12-9-18/h1-5,8-9,11-12,20-23,30H,6-7,10,13-17H2,(H,27,31)(H,28,32)/t20-,21+,22+,23-/m0/s1. The first kappa shape index (κ1) is 24.1. The highest BCUT2D eigenvalue weighted by Gasteiger charge is 2.40. The molecule has 2 saturated heterocycles. The molecule has 182 valence electrons. The van der Waals surface area contributed by atoms with Crippen LogP contribution in [0.25, 0.3) is 0 Å². The molecule has 9 heteroatoms. The molecule has 2 aromatic rings. The zero-order valence-electron chi connectivity index (χ0n) is 19.1. The van der Waals surface area contributed by atoms with Crippen LogP contribution in [-0.2, 0) is 20.7 Å². The van der Waals surface area contributed by atoms with Crippen molar-refractivity contribution in [3.63, 3.8) is 0 Å². The van der Waals surface area contributed by atoms with Crippen LogP contribution in [0, 0.1) is 0 Å². The molecule has 3 N–H and O–H groups in total. The quantitative estimate of drug-likeness (QED) is 0.598. The third-order valence-corrected chi connectivity index (χ3v) is 6.17. The maximum Gasteiger partial charge on any atom is 0.322 e. The molecule has 0 saturated carbocycles. The van der Waals surface area contributed by atoms with Gasteiger partial charge in [0.05, 0.1) is 44.4 Å². The van der Waals surface area contributed by atoms with E-state index >= 15 is 0 Å². The average Bonchev–Trinajstić information content (AvgIpc) is 2.83. The number of β-amino-alcohol motifs (C(OH)–C–C–N with tert-alkyl or cyclic N) is 1. The van der Waals surface area contributed by atoms with Crippen LogP contribution in [0.2, 0.25) is 0 Å². The van der Waals surface area contributed by atoms with Crippen LogP contribution in [0.4, 0.5) is 10.5 Å². The Labute approximate surface area is 199 Å². The van der Waals surface area contributed by atoms with Crippen LogP contribution in [0.1, 0.15) is 24.8 Å². The molecule has 0 bridgehead atoms. The SMILES string of the molecule is O=C(C[C@H]1CC[C@@H]2[C@H](COC[C@@H](O)CN2C(=O)Nc2ccccc2)O1)NCCc1ccncc1. The van der Waals surface area contributed by atoms with Crippen molar-refractivity contribution in [2.45, 2.75) is 50.0 Å². The molecule has 3 heterocycles. The van der Waals surface area contributed by atoms with Crippen molar-refractivity contribution < 1.29 is 24.2 Å². The molecule has 2 aliphatic heterocycles. The van der Waals surface area contributed by atoms with Gasteiger partial charge in [-0.1, -0.05) is 18.2 Å². The summed E-state index contributed by atoms with van der Waals surface area (Å²) in [5.41, 5.74) is 1.81. The second kappa shape index (κ2) is 11.9. The number of hydrogen-bond acceptors (Lipinski definition) is 6. The highest BCUT2D eigenvalue weighted by Crippen LogP contribution is 2.28. The second-order valence-electron chi connectivity index (χ2n) is 8.74. The summed E-state index contributed by atoms with van der Waals surface area (Å²) in [5, 5.41) is 16.1. The van der Waals surface area contributed by atoms with E-state index in [0.29, 0.717) is 25.1 Å². The highest BCUT2D eigenvalue weighted by molar-refractivity contribution is 5.89. The third kappa shape index (κ3) is 6.75. The minimum absolute atomic E-state index is 0.0571. The first-order valence-corrected chi connectivity index (χ1v) is 11.8. The van der Waals surface area contributed by atoms with Crippen molar-refractivity contribution in [1.29, 1.82) is 0 Å². The maximum absolute atomic E-state index is 13.1. The Bertz CT molecular complexity index is 929. The Hall–Kier alpha value is -3.01. The molecule has 4 rings (SSSR count). The van der Waals surface area contributed by atoms with Gasteiger partial charge in [0.2, 0.25) is 5.91 Å². The van der Waals surface area contributed by atoms with Crippen molar-refractivity contribution in [2.75, 3.05) is 31.6 Å². The van der Waals surface area contributed by atoms with Gasteiger partial charge in [0.15, 0.2) is 0 Å². The Kier molecular flexibility index (Phi) is 8.46. The van der Waals surface area contributed by atoms with E-state index in [-0.39, 0.29) is 56.4 Å². The minimum Gasteiger partial charge on any atom is -0.389 e. The summed E-state index contributed by atoms with van der Waals surface area (Å²) in [6, 6.07) is 12.6. The van der Waals surface area contributed by atoms with E-state index < -0.39 is 6.10 Å². The zero-order chi connectivity index (χ0) is 23.8. The number of aliphatic hydroxyl groups is 1. The van der Waals surface area contributed by atoms with Gasteiger partial charge in [-0.3, -0.25) is 9.78 Å². The average molecular weight is 469 g/mol. The molecule has 2 aliphatic rings. The van der Waals surface area contributed by atoms with Crippen molar-refractivity contribution >= 4 is 17.6 Å². The summed E-state index contributed by atoms with van der Waals surface area (Å²) >= 11 is 0. The van der Waals surface area contributed by atoms with Crippen LogP contribution in [0.15, 0.2) is 54.9 Å². The zero-order valence-corrected chi connectivity index (χ0v) is 19.1. The molecule has 34 heavy (non-hydrogen) atoms. The van der Waals surface area contributed by atoms with E-state index in [4.69, 9.17) is 9.47 Å². The van der Waals surface area contributed by atoms with Crippen LogP contribution in [0.3, 0.4) is 0 Å². The number of hydrogen-bond donors (Lipinski definition) is 3. The fourth-order valence-electron chi connectivity index (χ4n) is 4.47. The number of pyridine rings is 1. The summed E-state index contributed by atoms with van der Waals surface area (Å²) < 4.78 is 11.9. The molecule has 2 fully saturated rings. The number of aliphatic hydroxyl groups excluding tert-OH is 1. The van der Waals surface area contributed by atoms with Crippen LogP contribution in [0.5, 0.6) is 0 Å². The number of urea groups is 1. The Morgan fingerprint density at radius 1 is 1.09 bits per heavy atom. The summed E-state index contributed by atoms with van der Waals surface area (Å²) in [4.78, 5) is 31.2. The number of nitrogens with one attached hydrogen (secondary N) is 2. The Morgan fingerprint density at radius 2 is 1.88 bits per heavy atom. The summed E-state index contributed by atoms with van der Waals surface area (Å²) in [7, 11) is 0. The van der Waals surface area contributed by atoms with Gasteiger partial charge in [-0.2, -0.15) is 0 Å². The smallest absolute Gasteiger partial charge is 0.322 e. The number of para-hydroxylation sites is 1. The predicted molar refractivity (Wildman–Crippen MR) is 126 cm³/mol. The first-order valence-electron chi connectivity index (χ1n) is 11.8. The monoisotopic (exact) mass is 468 g/mol. The van der Waals surface area contributed by atoms with Gasteiger partial charge in [-0.05, 0) is 49.1 Å². The van der Waals surface area contributed by atoms with E-state index in [1.54, 1.807) is 17.3 Å². The lowest BCUT2D eigenvalue weighted by Crippen LogP contribution is -2.58. The third-order valence-electron chi connectivity index (χ3n) is 6.17. The summed E-state index contributed by atoms with van der Waals surface area (Å²) in [6.07, 6.45) is 4.41. The number of carbonyl (C=O) groups excluding carboxylic acids is 2. The van der Waals surface area contributed by atoms with Crippen molar-refractivity contribution in [2.24, 2.45) is 0 Å². The Morgan fingerprint density at radius 3 is 2.68 bits per heavy atom. The minimum atomic E-state index is -0.772. The van der Waals surface area contributed by atoms with Crippen molar-refractivity contribution in [3.8, 4) is 0 Å². The second-order valence-corrected chi connectivity index (χ2v) is 8.74. The summed E-state index contributed by atoms with van der Waals surface area (Å²) in [6.45, 7) is 1.10. The molecular formula is C25H32N4O5. The van der Waals surface area contributed by atoms with Crippen LogP contribution in [-0.4, -0.2) is 77.6 Å². The molecule has 1 aromatic carbocycles. The fraction of sp³-hybridized carbons (Fsp3) is 0.480. The van der Waals surface area contributed by atoms with E-state index in [1.807, 2.05) is 42.5 Å². The number of carbonyl (C=O) groups is 2. The first-order chi connectivity index (χ1) is 16.6. The topological polar surface area (TPSA) is 113 Å². The van der Waals surface area contributed by atoms with Gasteiger partial charge < -0.3 is 30.1 Å². The largest absolute Gasteiger partial charge is 0.389 e. The lowest BCUT2D eigenvalue weighted by Gasteiger charge is -2.44. The number of fused-ring (bicyclic) bond motifs is 1. The van der Waals surface area contributed by atoms with Crippen molar-refractivity contribution in [3.05, 3.63) is 60.4 Å². The molecule has 1 aromatic heterocycles. The fourth-order valence-corrected chi connectivity index (χ4v) is 4.47. The number of ether oxygens (including phenoxy) is 2. The highest BCUT2D eigenvalue weighted by atomic mass is 16.5. The number of rotatable bonds is 6. The lowest BCUT2D eigenvalue weighted by molar-refractivity contribution is -0.149. The van der Waals surface area contributed by atoms with E-state index in [0.717, 1.165) is 12.0 Å². The van der Waals surface area contributed by atoms with Gasteiger partial charge in [0.25, 0.3) is 0 Å². The molecule has 0 radical (unpaired) electrons. The van der Waals surface area contributed by atoms with E-state index in [1.165, 1.54) is 0 Å². The van der Waals surface area contributed by atoms with E-state index in [9.17, 15) is 14.7 Å².